The Morgan fingerprint density at radius 3 is 2.29 bits per heavy atom. The van der Waals surface area contributed by atoms with Crippen LogP contribution in [0.25, 0.3) is 0 Å². The number of fused-ring (bicyclic) bond motifs is 5. The molecule has 2 aliphatic carbocycles. The minimum Gasteiger partial charge on any atom is -0.336 e. The van der Waals surface area contributed by atoms with Gasteiger partial charge in [-0.05, 0) is 30.4 Å². The number of allylic oxidation sites excluding steroid dienone is 2. The van der Waals surface area contributed by atoms with Crippen LogP contribution in [-0.2, 0) is 9.59 Å². The van der Waals surface area contributed by atoms with Crippen LogP contribution >= 0.6 is 0 Å². The van der Waals surface area contributed by atoms with Crippen LogP contribution in [0.4, 0.5) is 10.5 Å². The molecule has 2 fully saturated rings. The highest BCUT2D eigenvalue weighted by atomic mass is 16.2. The van der Waals surface area contributed by atoms with E-state index in [0.29, 0.717) is 5.69 Å². The van der Waals surface area contributed by atoms with E-state index in [1.807, 2.05) is 18.2 Å². The van der Waals surface area contributed by atoms with Crippen molar-refractivity contribution in [3.05, 3.63) is 42.5 Å². The van der Waals surface area contributed by atoms with Crippen molar-refractivity contribution in [2.75, 3.05) is 18.4 Å². The van der Waals surface area contributed by atoms with Gasteiger partial charge in [0.25, 0.3) is 0 Å². The van der Waals surface area contributed by atoms with E-state index in [1.165, 1.54) is 4.90 Å². The van der Waals surface area contributed by atoms with Gasteiger partial charge in [0.15, 0.2) is 0 Å². The van der Waals surface area contributed by atoms with Gasteiger partial charge in [0.05, 0.1) is 11.8 Å². The first-order valence-corrected chi connectivity index (χ1v) is 8.28. The third kappa shape index (κ3) is 2.38. The van der Waals surface area contributed by atoms with Crippen molar-refractivity contribution in [1.29, 1.82) is 0 Å². The molecular weight excluding hydrogens is 306 g/mol. The quantitative estimate of drug-likeness (QED) is 0.652. The van der Waals surface area contributed by atoms with Crippen molar-refractivity contribution in [2.24, 2.45) is 23.7 Å². The molecule has 4 rings (SSSR count). The highest BCUT2D eigenvalue weighted by molar-refractivity contribution is 6.06. The summed E-state index contributed by atoms with van der Waals surface area (Å²) in [7, 11) is 0. The molecule has 2 N–H and O–H groups in total. The number of para-hydroxylation sites is 1. The molecule has 0 radical (unpaired) electrons. The number of benzene rings is 1. The van der Waals surface area contributed by atoms with E-state index in [0.717, 1.165) is 6.42 Å². The summed E-state index contributed by atoms with van der Waals surface area (Å²) in [5.41, 5.74) is 0.695. The number of anilines is 1. The minimum absolute atomic E-state index is 0.0767. The number of likely N-dealkylation sites (tertiary alicyclic amines) is 1. The van der Waals surface area contributed by atoms with E-state index in [1.54, 1.807) is 12.1 Å². The molecule has 1 saturated carbocycles. The molecule has 0 aromatic heterocycles. The first kappa shape index (κ1) is 14.9. The summed E-state index contributed by atoms with van der Waals surface area (Å²) in [6.45, 7) is 0.477. The first-order chi connectivity index (χ1) is 11.6. The summed E-state index contributed by atoms with van der Waals surface area (Å²) in [4.78, 5) is 38.2. The molecule has 1 aromatic rings. The number of imide groups is 1. The fourth-order valence-electron chi connectivity index (χ4n) is 4.16. The third-order valence-electron chi connectivity index (χ3n) is 5.21. The van der Waals surface area contributed by atoms with Crippen molar-refractivity contribution >= 4 is 23.5 Å². The summed E-state index contributed by atoms with van der Waals surface area (Å²) >= 11 is 0. The van der Waals surface area contributed by atoms with Gasteiger partial charge in [-0.2, -0.15) is 0 Å². The lowest BCUT2D eigenvalue weighted by atomic mass is 9.85. The lowest BCUT2D eigenvalue weighted by Crippen LogP contribution is -2.40. The molecule has 4 atom stereocenters. The summed E-state index contributed by atoms with van der Waals surface area (Å²) in [6.07, 6.45) is 5.08. The topological polar surface area (TPSA) is 78.5 Å². The molecule has 2 bridgehead atoms. The smallest absolute Gasteiger partial charge is 0.319 e. The SMILES string of the molecule is O=C(NCCN1C(=O)[C@@H]2[C@H](C1=O)[C@H]1C=C[C@H]2C1)Nc1ccccc1. The van der Waals surface area contributed by atoms with E-state index in [4.69, 9.17) is 0 Å². The molecule has 6 heteroatoms. The molecule has 1 aliphatic heterocycles. The Labute approximate surface area is 139 Å². The summed E-state index contributed by atoms with van der Waals surface area (Å²) < 4.78 is 0. The van der Waals surface area contributed by atoms with Gasteiger partial charge < -0.3 is 10.6 Å². The molecule has 0 unspecified atom stereocenters. The van der Waals surface area contributed by atoms with Crippen LogP contribution in [0.1, 0.15) is 6.42 Å². The van der Waals surface area contributed by atoms with E-state index >= 15 is 0 Å². The molecule has 6 nitrogen and oxygen atoms in total. The van der Waals surface area contributed by atoms with Crippen molar-refractivity contribution in [1.82, 2.24) is 10.2 Å². The fraction of sp³-hybridized carbons (Fsp3) is 0.389. The highest BCUT2D eigenvalue weighted by Gasteiger charge is 2.58. The average Bonchev–Trinajstić information content (AvgIpc) is 3.25. The maximum absolute atomic E-state index is 12.5. The van der Waals surface area contributed by atoms with Crippen LogP contribution in [0.2, 0.25) is 0 Å². The number of rotatable bonds is 4. The van der Waals surface area contributed by atoms with Crippen LogP contribution in [0, 0.1) is 23.7 Å². The number of urea groups is 1. The minimum atomic E-state index is -0.345. The van der Waals surface area contributed by atoms with E-state index in [2.05, 4.69) is 22.8 Å². The van der Waals surface area contributed by atoms with Crippen LogP contribution in [0.15, 0.2) is 42.5 Å². The van der Waals surface area contributed by atoms with Crippen molar-refractivity contribution in [3.63, 3.8) is 0 Å². The Morgan fingerprint density at radius 1 is 1.04 bits per heavy atom. The maximum Gasteiger partial charge on any atom is 0.319 e. The number of carbonyl (C=O) groups is 3. The standard InChI is InChI=1S/C18H19N3O3/c22-16-14-11-6-7-12(10-11)15(14)17(23)21(16)9-8-19-18(24)20-13-4-2-1-3-5-13/h1-7,11-12,14-15H,8-10H2,(H2,19,20,24)/t11-,12-,14-,15+/m0/s1. The average molecular weight is 325 g/mol. The Morgan fingerprint density at radius 2 is 1.67 bits per heavy atom. The lowest BCUT2D eigenvalue weighted by molar-refractivity contribution is -0.140. The summed E-state index contributed by atoms with van der Waals surface area (Å²) in [5, 5.41) is 5.40. The monoisotopic (exact) mass is 325 g/mol. The number of hydrogen-bond donors (Lipinski definition) is 2. The van der Waals surface area contributed by atoms with Crippen LogP contribution in [0.5, 0.6) is 0 Å². The van der Waals surface area contributed by atoms with E-state index in [9.17, 15) is 14.4 Å². The molecule has 124 valence electrons. The number of amides is 4. The highest BCUT2D eigenvalue weighted by Crippen LogP contribution is 2.52. The summed E-state index contributed by atoms with van der Waals surface area (Å²) in [6, 6.07) is 8.76. The number of nitrogens with one attached hydrogen (secondary N) is 2. The predicted molar refractivity (Wildman–Crippen MR) is 87.9 cm³/mol. The van der Waals surface area contributed by atoms with E-state index < -0.39 is 0 Å². The van der Waals surface area contributed by atoms with E-state index in [-0.39, 0.29) is 54.6 Å². The Balaban J connectivity index is 1.30. The van der Waals surface area contributed by atoms with Crippen molar-refractivity contribution < 1.29 is 14.4 Å². The van der Waals surface area contributed by atoms with Crippen molar-refractivity contribution in [2.45, 2.75) is 6.42 Å². The Bertz CT molecular complexity index is 685. The Kier molecular flexibility index (Phi) is 3.59. The lowest BCUT2D eigenvalue weighted by Gasteiger charge is -2.17. The van der Waals surface area contributed by atoms with Gasteiger partial charge in [-0.25, -0.2) is 4.79 Å². The van der Waals surface area contributed by atoms with Gasteiger partial charge in [-0.15, -0.1) is 0 Å². The molecule has 0 spiro atoms. The van der Waals surface area contributed by atoms with Gasteiger partial charge in [-0.1, -0.05) is 30.4 Å². The third-order valence-corrected chi connectivity index (χ3v) is 5.21. The molecular formula is C18H19N3O3. The van der Waals surface area contributed by atoms with Crippen molar-refractivity contribution in [3.8, 4) is 0 Å². The molecule has 3 aliphatic rings. The molecule has 1 heterocycles. The molecule has 4 amide bonds. The van der Waals surface area contributed by atoms with Gasteiger partial charge in [-0.3, -0.25) is 14.5 Å². The normalized spacial score (nSPS) is 29.9. The second kappa shape index (κ2) is 5.78. The zero-order valence-corrected chi connectivity index (χ0v) is 13.1. The molecule has 1 aromatic carbocycles. The first-order valence-electron chi connectivity index (χ1n) is 8.28. The van der Waals surface area contributed by atoms with Crippen LogP contribution < -0.4 is 10.6 Å². The second-order valence-corrected chi connectivity index (χ2v) is 6.57. The largest absolute Gasteiger partial charge is 0.336 e. The zero-order chi connectivity index (χ0) is 16.7. The summed E-state index contributed by atoms with van der Waals surface area (Å²) in [5.74, 6) is -0.0675. The molecule has 1 saturated heterocycles. The fourth-order valence-corrected chi connectivity index (χ4v) is 4.16. The van der Waals surface area contributed by atoms with Gasteiger partial charge in [0, 0.05) is 18.8 Å². The Hall–Kier alpha value is -2.63. The van der Waals surface area contributed by atoms with Gasteiger partial charge in [0.1, 0.15) is 0 Å². The number of hydrogen-bond acceptors (Lipinski definition) is 3. The van der Waals surface area contributed by atoms with Gasteiger partial charge >= 0.3 is 6.03 Å². The second-order valence-electron chi connectivity index (χ2n) is 6.57. The predicted octanol–water partition coefficient (Wildman–Crippen LogP) is 1.62. The number of carbonyl (C=O) groups excluding carboxylic acids is 3. The molecule has 24 heavy (non-hydrogen) atoms. The van der Waals surface area contributed by atoms with Gasteiger partial charge in [0.2, 0.25) is 11.8 Å². The number of nitrogens with zero attached hydrogens (tertiary/aromatic N) is 1. The zero-order valence-electron chi connectivity index (χ0n) is 13.1. The van der Waals surface area contributed by atoms with Crippen LogP contribution in [-0.4, -0.2) is 35.8 Å². The van der Waals surface area contributed by atoms with Crippen LogP contribution in [0.3, 0.4) is 0 Å². The maximum atomic E-state index is 12.5.